The Hall–Kier alpha value is -1.94. The van der Waals surface area contributed by atoms with Crippen molar-refractivity contribution in [3.63, 3.8) is 0 Å². The van der Waals surface area contributed by atoms with Crippen LogP contribution in [0.2, 0.25) is 5.02 Å². The minimum Gasteiger partial charge on any atom is -0.305 e. The molecule has 0 bridgehead atoms. The molecule has 1 aromatic heterocycles. The molecule has 3 aromatic rings. The van der Waals surface area contributed by atoms with Crippen molar-refractivity contribution in [2.24, 2.45) is 7.05 Å². The minimum absolute atomic E-state index is 0.0387. The highest BCUT2D eigenvalue weighted by atomic mass is 35.5. The molecule has 1 atom stereocenters. The van der Waals surface area contributed by atoms with Gasteiger partial charge in [0.1, 0.15) is 5.82 Å². The molecule has 0 saturated heterocycles. The van der Waals surface area contributed by atoms with E-state index in [-0.39, 0.29) is 15.2 Å². The van der Waals surface area contributed by atoms with Crippen LogP contribution in [0.4, 0.5) is 4.39 Å². The molecule has 0 aliphatic rings. The molecule has 3 rings (SSSR count). The first-order valence-electron chi connectivity index (χ1n) is 9.80. The van der Waals surface area contributed by atoms with Gasteiger partial charge in [-0.3, -0.25) is 0 Å². The summed E-state index contributed by atoms with van der Waals surface area (Å²) in [6.45, 7) is 6.40. The van der Waals surface area contributed by atoms with Crippen molar-refractivity contribution in [2.75, 3.05) is 13.1 Å². The van der Waals surface area contributed by atoms with Crippen LogP contribution in [0.5, 0.6) is 0 Å². The summed E-state index contributed by atoms with van der Waals surface area (Å²) in [6, 6.07) is 11.4. The monoisotopic (exact) mass is 482 g/mol. The Bertz CT molecular complexity index is 1180. The Morgan fingerprint density at radius 3 is 2.52 bits per heavy atom. The first-order valence-corrected chi connectivity index (χ1v) is 12.5. The second-order valence-corrected chi connectivity index (χ2v) is 10.6. The summed E-state index contributed by atoms with van der Waals surface area (Å²) in [5.41, 5.74) is 1.53. The van der Waals surface area contributed by atoms with Crippen LogP contribution in [0.25, 0.3) is 11.4 Å². The zero-order chi connectivity index (χ0) is 22.8. The van der Waals surface area contributed by atoms with Gasteiger partial charge in [-0.05, 0) is 36.8 Å². The van der Waals surface area contributed by atoms with E-state index in [0.717, 1.165) is 5.56 Å². The summed E-state index contributed by atoms with van der Waals surface area (Å²) < 4.78 is 42.4. The van der Waals surface area contributed by atoms with Crippen molar-refractivity contribution in [1.82, 2.24) is 19.1 Å². The molecule has 31 heavy (non-hydrogen) atoms. The average Bonchev–Trinajstić information content (AvgIpc) is 3.11. The van der Waals surface area contributed by atoms with Crippen LogP contribution in [0.3, 0.4) is 0 Å². The fraction of sp³-hybridized carbons (Fsp3) is 0.333. The SMILES string of the molecule is CCN(CC)S(=O)(=O)c1cccc(-c2nnc(SC(C)c3ccc(F)c(Cl)c3)n2C)c1. The van der Waals surface area contributed by atoms with E-state index in [9.17, 15) is 12.8 Å². The van der Waals surface area contributed by atoms with E-state index in [2.05, 4.69) is 10.2 Å². The summed E-state index contributed by atoms with van der Waals surface area (Å²) in [5.74, 6) is 0.103. The van der Waals surface area contributed by atoms with Crippen LogP contribution in [0.1, 0.15) is 31.6 Å². The van der Waals surface area contributed by atoms with E-state index < -0.39 is 15.8 Å². The summed E-state index contributed by atoms with van der Waals surface area (Å²) in [6.07, 6.45) is 0. The zero-order valence-corrected chi connectivity index (χ0v) is 20.1. The molecule has 10 heteroatoms. The smallest absolute Gasteiger partial charge is 0.243 e. The van der Waals surface area contributed by atoms with Crippen molar-refractivity contribution >= 4 is 33.4 Å². The Kier molecular flexibility index (Phi) is 7.41. The fourth-order valence-electron chi connectivity index (χ4n) is 3.17. The van der Waals surface area contributed by atoms with E-state index in [1.54, 1.807) is 30.3 Å². The van der Waals surface area contributed by atoms with Crippen LogP contribution in [0, 0.1) is 5.82 Å². The number of aromatic nitrogens is 3. The van der Waals surface area contributed by atoms with Gasteiger partial charge in [0, 0.05) is 31.0 Å². The standard InChI is InChI=1S/C21H24ClFN4O2S2/c1-5-27(6-2)31(28,29)17-9-7-8-16(12-17)20-24-25-21(26(20)4)30-14(3)15-10-11-19(23)18(22)13-15/h7-14H,5-6H2,1-4H3. The predicted octanol–water partition coefficient (Wildman–Crippen LogP) is 5.16. The summed E-state index contributed by atoms with van der Waals surface area (Å²) in [5, 5.41) is 9.23. The van der Waals surface area contributed by atoms with Crippen LogP contribution < -0.4 is 0 Å². The molecule has 2 aromatic carbocycles. The molecule has 1 unspecified atom stereocenters. The minimum atomic E-state index is -3.57. The second kappa shape index (κ2) is 9.68. The Balaban J connectivity index is 1.89. The van der Waals surface area contributed by atoms with Gasteiger partial charge in [0.05, 0.1) is 9.92 Å². The molecule has 0 spiro atoms. The first-order chi connectivity index (χ1) is 14.7. The summed E-state index contributed by atoms with van der Waals surface area (Å²) in [7, 11) is -1.75. The number of halogens is 2. The molecule has 0 radical (unpaired) electrons. The van der Waals surface area contributed by atoms with E-state index in [1.165, 1.54) is 22.1 Å². The fourth-order valence-corrected chi connectivity index (χ4v) is 5.79. The summed E-state index contributed by atoms with van der Waals surface area (Å²) >= 11 is 7.36. The van der Waals surface area contributed by atoms with Crippen molar-refractivity contribution in [2.45, 2.75) is 36.1 Å². The number of rotatable bonds is 8. The van der Waals surface area contributed by atoms with Gasteiger partial charge in [-0.2, -0.15) is 4.31 Å². The molecule has 0 saturated carbocycles. The molecule has 166 valence electrons. The van der Waals surface area contributed by atoms with Gasteiger partial charge in [-0.1, -0.05) is 55.4 Å². The van der Waals surface area contributed by atoms with E-state index in [1.807, 2.05) is 38.5 Å². The normalized spacial score (nSPS) is 13.0. The molecule has 0 fully saturated rings. The topological polar surface area (TPSA) is 68.1 Å². The van der Waals surface area contributed by atoms with Crippen molar-refractivity contribution in [3.05, 3.63) is 58.9 Å². The van der Waals surface area contributed by atoms with Crippen molar-refractivity contribution < 1.29 is 12.8 Å². The number of hydrogen-bond donors (Lipinski definition) is 0. The third-order valence-electron chi connectivity index (χ3n) is 4.97. The van der Waals surface area contributed by atoms with Gasteiger partial charge in [0.25, 0.3) is 0 Å². The largest absolute Gasteiger partial charge is 0.305 e. The predicted molar refractivity (Wildman–Crippen MR) is 122 cm³/mol. The molecular formula is C21H24ClFN4O2S2. The molecule has 0 amide bonds. The van der Waals surface area contributed by atoms with Gasteiger partial charge < -0.3 is 4.57 Å². The maximum atomic E-state index is 13.4. The molecule has 0 aliphatic heterocycles. The van der Waals surface area contributed by atoms with E-state index in [4.69, 9.17) is 11.6 Å². The summed E-state index contributed by atoms with van der Waals surface area (Å²) in [4.78, 5) is 0.222. The maximum absolute atomic E-state index is 13.4. The highest BCUT2D eigenvalue weighted by Crippen LogP contribution is 2.36. The molecule has 0 aliphatic carbocycles. The Labute approximate surface area is 191 Å². The number of nitrogens with zero attached hydrogens (tertiary/aromatic N) is 4. The maximum Gasteiger partial charge on any atom is 0.243 e. The van der Waals surface area contributed by atoms with Gasteiger partial charge >= 0.3 is 0 Å². The lowest BCUT2D eigenvalue weighted by molar-refractivity contribution is 0.445. The second-order valence-electron chi connectivity index (χ2n) is 6.92. The van der Waals surface area contributed by atoms with Crippen molar-refractivity contribution in [3.8, 4) is 11.4 Å². The van der Waals surface area contributed by atoms with Crippen molar-refractivity contribution in [1.29, 1.82) is 0 Å². The van der Waals surface area contributed by atoms with E-state index in [0.29, 0.717) is 29.6 Å². The van der Waals surface area contributed by atoms with Gasteiger partial charge in [-0.15, -0.1) is 10.2 Å². The Morgan fingerprint density at radius 2 is 1.87 bits per heavy atom. The highest BCUT2D eigenvalue weighted by Gasteiger charge is 2.23. The number of benzene rings is 2. The average molecular weight is 483 g/mol. The third-order valence-corrected chi connectivity index (χ3v) is 8.49. The number of thioether (sulfide) groups is 1. The van der Waals surface area contributed by atoms with Gasteiger partial charge in [-0.25, -0.2) is 12.8 Å². The van der Waals surface area contributed by atoms with E-state index >= 15 is 0 Å². The molecular weight excluding hydrogens is 459 g/mol. The van der Waals surface area contributed by atoms with Crippen LogP contribution in [0.15, 0.2) is 52.5 Å². The number of sulfonamides is 1. The van der Waals surface area contributed by atoms with Gasteiger partial charge in [0.2, 0.25) is 10.0 Å². The molecule has 6 nitrogen and oxygen atoms in total. The highest BCUT2D eigenvalue weighted by molar-refractivity contribution is 7.99. The third kappa shape index (κ3) is 4.95. The lowest BCUT2D eigenvalue weighted by Crippen LogP contribution is -2.30. The lowest BCUT2D eigenvalue weighted by atomic mass is 10.2. The molecule has 1 heterocycles. The molecule has 0 N–H and O–H groups in total. The quantitative estimate of drug-likeness (QED) is 0.415. The first kappa shape index (κ1) is 23.7. The van der Waals surface area contributed by atoms with Crippen LogP contribution in [-0.4, -0.2) is 40.6 Å². The van der Waals surface area contributed by atoms with Crippen LogP contribution >= 0.6 is 23.4 Å². The Morgan fingerprint density at radius 1 is 1.16 bits per heavy atom. The number of hydrogen-bond acceptors (Lipinski definition) is 5. The van der Waals surface area contributed by atoms with Gasteiger partial charge in [0.15, 0.2) is 11.0 Å². The lowest BCUT2D eigenvalue weighted by Gasteiger charge is -2.18. The zero-order valence-electron chi connectivity index (χ0n) is 17.7. The van der Waals surface area contributed by atoms with Crippen LogP contribution in [-0.2, 0) is 17.1 Å².